The average Bonchev–Trinajstić information content (AvgIpc) is 3.02. The van der Waals surface area contributed by atoms with Gasteiger partial charge in [0, 0.05) is 13.0 Å². The van der Waals surface area contributed by atoms with Crippen LogP contribution >= 0.6 is 0 Å². The molecule has 2 amide bonds. The van der Waals surface area contributed by atoms with Crippen LogP contribution in [0.15, 0.2) is 0 Å². The van der Waals surface area contributed by atoms with E-state index in [2.05, 4.69) is 24.5 Å². The first kappa shape index (κ1) is 40.7. The predicted octanol–water partition coefficient (Wildman–Crippen LogP) is 4.64. The molecule has 1 aliphatic heterocycles. The maximum absolute atomic E-state index is 13.0. The fraction of sp³-hybridized carbons (Fsp3) is 0.941. The molecule has 6 atom stereocenters. The van der Waals surface area contributed by atoms with E-state index < -0.39 is 43.4 Å². The minimum absolute atomic E-state index is 0.250. The van der Waals surface area contributed by atoms with Crippen LogP contribution < -0.4 is 10.6 Å². The molecule has 0 radical (unpaired) electrons. The smallest absolute Gasteiger partial charge is 0.244 e. The van der Waals surface area contributed by atoms with Crippen molar-refractivity contribution >= 4 is 11.8 Å². The topological polar surface area (TPSA) is 158 Å². The van der Waals surface area contributed by atoms with Crippen LogP contribution in [-0.4, -0.2) is 88.7 Å². The molecule has 1 aliphatic rings. The number of nitrogens with one attached hydrogen (secondary N) is 2. The molecular formula is C34H66N2O8. The molecule has 1 heterocycles. The monoisotopic (exact) mass is 630 g/mol. The number of rotatable bonds is 28. The summed E-state index contributed by atoms with van der Waals surface area (Å²) in [6.07, 6.45) is 16.7. The molecule has 1 saturated heterocycles. The molecule has 10 heteroatoms. The second-order valence-electron chi connectivity index (χ2n) is 12.6. The maximum atomic E-state index is 13.0. The summed E-state index contributed by atoms with van der Waals surface area (Å²) in [7, 11) is 0. The molecule has 6 N–H and O–H groups in total. The first-order chi connectivity index (χ1) is 21.3. The molecule has 0 aliphatic carbocycles. The SMILES string of the molecule is CCCCCCCCCCCCCNC(=O)[C@H](CO[C@H]1O[C@H](CO)[C@H](O)[C@H](O)[C@H]1O)NC(=O)CCCCCCCCCCC. The Morgan fingerprint density at radius 1 is 0.682 bits per heavy atom. The van der Waals surface area contributed by atoms with Gasteiger partial charge in [-0.25, -0.2) is 0 Å². The summed E-state index contributed by atoms with van der Waals surface area (Å²) in [6.45, 7) is 4.05. The van der Waals surface area contributed by atoms with Gasteiger partial charge in [0.1, 0.15) is 30.5 Å². The number of amides is 2. The number of aliphatic hydroxyl groups excluding tert-OH is 4. The highest BCUT2D eigenvalue weighted by Crippen LogP contribution is 2.22. The van der Waals surface area contributed by atoms with Crippen molar-refractivity contribution in [1.82, 2.24) is 10.6 Å². The lowest BCUT2D eigenvalue weighted by Gasteiger charge is -2.39. The second-order valence-corrected chi connectivity index (χ2v) is 12.6. The predicted molar refractivity (Wildman–Crippen MR) is 173 cm³/mol. The first-order valence-corrected chi connectivity index (χ1v) is 17.8. The van der Waals surface area contributed by atoms with E-state index in [0.29, 0.717) is 13.0 Å². The van der Waals surface area contributed by atoms with Crippen molar-refractivity contribution in [3.63, 3.8) is 0 Å². The van der Waals surface area contributed by atoms with Gasteiger partial charge in [-0.3, -0.25) is 9.59 Å². The number of hydrogen-bond acceptors (Lipinski definition) is 8. The summed E-state index contributed by atoms with van der Waals surface area (Å²) >= 11 is 0. The summed E-state index contributed by atoms with van der Waals surface area (Å²) in [5.74, 6) is -0.637. The minimum atomic E-state index is -1.58. The van der Waals surface area contributed by atoms with Crippen molar-refractivity contribution in [2.75, 3.05) is 19.8 Å². The molecule has 0 saturated carbocycles. The minimum Gasteiger partial charge on any atom is -0.394 e. The summed E-state index contributed by atoms with van der Waals surface area (Å²) in [4.78, 5) is 25.8. The molecule has 260 valence electrons. The molecule has 1 fully saturated rings. The van der Waals surface area contributed by atoms with Gasteiger partial charge in [-0.2, -0.15) is 0 Å². The van der Waals surface area contributed by atoms with Crippen molar-refractivity contribution in [1.29, 1.82) is 0 Å². The van der Waals surface area contributed by atoms with E-state index in [-0.39, 0.29) is 18.4 Å². The molecule has 0 aromatic rings. The van der Waals surface area contributed by atoms with Crippen molar-refractivity contribution in [2.24, 2.45) is 0 Å². The van der Waals surface area contributed by atoms with Crippen LogP contribution in [0.4, 0.5) is 0 Å². The summed E-state index contributed by atoms with van der Waals surface area (Å²) < 4.78 is 11.0. The van der Waals surface area contributed by atoms with E-state index in [0.717, 1.165) is 38.5 Å². The Hall–Kier alpha value is -1.30. The van der Waals surface area contributed by atoms with Gasteiger partial charge in [0.25, 0.3) is 0 Å². The van der Waals surface area contributed by atoms with Gasteiger partial charge in [0.15, 0.2) is 6.29 Å². The van der Waals surface area contributed by atoms with Gasteiger partial charge in [-0.05, 0) is 12.8 Å². The Morgan fingerprint density at radius 3 is 1.66 bits per heavy atom. The van der Waals surface area contributed by atoms with Gasteiger partial charge in [0.2, 0.25) is 11.8 Å². The summed E-state index contributed by atoms with van der Waals surface area (Å²) in [6, 6.07) is -1.01. The van der Waals surface area contributed by atoms with E-state index >= 15 is 0 Å². The number of hydrogen-bond donors (Lipinski definition) is 6. The van der Waals surface area contributed by atoms with Gasteiger partial charge in [0.05, 0.1) is 13.2 Å². The van der Waals surface area contributed by atoms with Gasteiger partial charge in [-0.1, -0.05) is 129 Å². The largest absolute Gasteiger partial charge is 0.394 e. The zero-order valence-electron chi connectivity index (χ0n) is 27.9. The molecule has 0 aromatic heterocycles. The lowest BCUT2D eigenvalue weighted by atomic mass is 9.99. The molecule has 0 bridgehead atoms. The Bertz CT molecular complexity index is 711. The van der Waals surface area contributed by atoms with Crippen molar-refractivity contribution in [3.8, 4) is 0 Å². The molecule has 10 nitrogen and oxygen atoms in total. The second kappa shape index (κ2) is 26.9. The third kappa shape index (κ3) is 18.6. The zero-order chi connectivity index (χ0) is 32.4. The van der Waals surface area contributed by atoms with Gasteiger partial charge >= 0.3 is 0 Å². The lowest BCUT2D eigenvalue weighted by molar-refractivity contribution is -0.301. The molecule has 44 heavy (non-hydrogen) atoms. The number of ether oxygens (including phenoxy) is 2. The van der Waals surface area contributed by atoms with Gasteiger partial charge < -0.3 is 40.5 Å². The van der Waals surface area contributed by atoms with E-state index in [1.165, 1.54) is 89.9 Å². The van der Waals surface area contributed by atoms with Crippen LogP contribution in [0.5, 0.6) is 0 Å². The number of carbonyl (C=O) groups excluding carboxylic acids is 2. The van der Waals surface area contributed by atoms with Crippen LogP contribution in [0.2, 0.25) is 0 Å². The highest BCUT2D eigenvalue weighted by atomic mass is 16.7. The Labute approximate surface area is 267 Å². The van der Waals surface area contributed by atoms with E-state index in [1.807, 2.05) is 0 Å². The number of aliphatic hydroxyl groups is 4. The average molecular weight is 631 g/mol. The van der Waals surface area contributed by atoms with Crippen molar-refractivity contribution < 1.29 is 39.5 Å². The third-order valence-electron chi connectivity index (χ3n) is 8.51. The standard InChI is InChI=1S/C34H66N2O8/c1-3-5-7-9-11-13-14-16-18-20-22-24-35-33(42)27(26-43-34-32(41)31(40)30(39)28(25-37)44-34)36-29(38)23-21-19-17-15-12-10-8-6-4-2/h27-28,30-32,34,37,39-41H,3-26H2,1-2H3,(H,35,42)(H,36,38)/t27-,28+,30-,31-,32+,34-/m0/s1. The van der Waals surface area contributed by atoms with Gasteiger partial charge in [-0.15, -0.1) is 0 Å². The Morgan fingerprint density at radius 2 is 1.16 bits per heavy atom. The van der Waals surface area contributed by atoms with Crippen LogP contribution in [0.1, 0.15) is 149 Å². The zero-order valence-corrected chi connectivity index (χ0v) is 27.9. The normalized spacial score (nSPS) is 22.5. The number of carbonyl (C=O) groups is 2. The quantitative estimate of drug-likeness (QED) is 0.0683. The fourth-order valence-corrected chi connectivity index (χ4v) is 5.57. The first-order valence-electron chi connectivity index (χ1n) is 17.8. The molecule has 0 spiro atoms. The van der Waals surface area contributed by atoms with E-state index in [1.54, 1.807) is 0 Å². The summed E-state index contributed by atoms with van der Waals surface area (Å²) in [5.41, 5.74) is 0. The van der Waals surface area contributed by atoms with Crippen LogP contribution in [0, 0.1) is 0 Å². The van der Waals surface area contributed by atoms with Crippen molar-refractivity contribution in [3.05, 3.63) is 0 Å². The summed E-state index contributed by atoms with van der Waals surface area (Å²) in [5, 5.41) is 45.5. The highest BCUT2D eigenvalue weighted by molar-refractivity contribution is 5.87. The molecule has 1 rings (SSSR count). The maximum Gasteiger partial charge on any atom is 0.244 e. The lowest BCUT2D eigenvalue weighted by Crippen LogP contribution is -2.60. The Balaban J connectivity index is 2.46. The van der Waals surface area contributed by atoms with Crippen LogP contribution in [-0.2, 0) is 19.1 Å². The third-order valence-corrected chi connectivity index (χ3v) is 8.51. The molecule has 0 aromatic carbocycles. The fourth-order valence-electron chi connectivity index (χ4n) is 5.57. The van der Waals surface area contributed by atoms with E-state index in [4.69, 9.17) is 9.47 Å². The van der Waals surface area contributed by atoms with E-state index in [9.17, 15) is 30.0 Å². The van der Waals surface area contributed by atoms with Crippen molar-refractivity contribution in [2.45, 2.75) is 185 Å². The Kier molecular flexibility index (Phi) is 24.9. The highest BCUT2D eigenvalue weighted by Gasteiger charge is 2.44. The van der Waals surface area contributed by atoms with Crippen LogP contribution in [0.3, 0.4) is 0 Å². The molecule has 0 unspecified atom stereocenters. The number of unbranched alkanes of at least 4 members (excludes halogenated alkanes) is 18. The molecular weight excluding hydrogens is 564 g/mol. The van der Waals surface area contributed by atoms with Crippen LogP contribution in [0.25, 0.3) is 0 Å².